The van der Waals surface area contributed by atoms with Gasteiger partial charge < -0.3 is 18.9 Å². The lowest BCUT2D eigenvalue weighted by Crippen LogP contribution is -2.37. The Bertz CT molecular complexity index is 1030. The Kier molecular flexibility index (Phi) is 42.1. The van der Waals surface area contributed by atoms with Crippen LogP contribution in [0.3, 0.4) is 0 Å². The third-order valence-corrected chi connectivity index (χ3v) is 12.3. The minimum Gasteiger partial charge on any atom is -0.462 e. The van der Waals surface area contributed by atoms with Crippen LogP contribution >= 0.6 is 7.82 Å². The predicted octanol–water partition coefficient (Wildman–Crippen LogP) is 14.9. The number of nitrogens with zero attached hydrogens (tertiary/aromatic N) is 1. The highest BCUT2D eigenvalue weighted by molar-refractivity contribution is 7.47. The Balaban J connectivity index is 4.19. The van der Waals surface area contributed by atoms with E-state index in [2.05, 4.69) is 26.0 Å². The molecule has 0 aliphatic rings. The van der Waals surface area contributed by atoms with E-state index in [1.165, 1.54) is 167 Å². The predicted molar refractivity (Wildman–Crippen MR) is 252 cm³/mol. The van der Waals surface area contributed by atoms with Crippen LogP contribution < -0.4 is 0 Å². The van der Waals surface area contributed by atoms with Crippen LogP contribution in [0.25, 0.3) is 0 Å². The number of ether oxygens (including phenoxy) is 2. The molecule has 60 heavy (non-hydrogen) atoms. The zero-order valence-corrected chi connectivity index (χ0v) is 41.1. The van der Waals surface area contributed by atoms with Gasteiger partial charge in [-0.3, -0.25) is 18.6 Å². The standard InChI is InChI=1S/C50H98NO8P/c1-6-8-10-12-14-16-18-20-22-23-24-25-26-27-29-30-32-34-36-38-40-42-49(52)56-46-48(47-58-60(54,55)57-45-44-51(3,4)5)59-50(53)43-41-39-37-35-33-31-28-21-19-17-15-13-11-9-7-2/h17,19,48H,6-16,18,20-47H2,1-5H3/p+1/b19-17+/t48-/m0/s1. The zero-order chi connectivity index (χ0) is 44.3. The molecule has 2 atom stereocenters. The van der Waals surface area contributed by atoms with Crippen LogP contribution in [0.4, 0.5) is 0 Å². The number of carbonyl (C=O) groups excluding carboxylic acids is 2. The van der Waals surface area contributed by atoms with Crippen molar-refractivity contribution in [3.8, 4) is 0 Å². The van der Waals surface area contributed by atoms with Crippen LogP contribution in [0, 0.1) is 0 Å². The summed E-state index contributed by atoms with van der Waals surface area (Å²) in [5.74, 6) is -0.789. The summed E-state index contributed by atoms with van der Waals surface area (Å²) in [5, 5.41) is 0. The van der Waals surface area contributed by atoms with Crippen molar-refractivity contribution < 1.29 is 42.1 Å². The first-order chi connectivity index (χ1) is 29.0. The molecule has 0 radical (unpaired) electrons. The first-order valence-corrected chi connectivity index (χ1v) is 26.9. The summed E-state index contributed by atoms with van der Waals surface area (Å²) >= 11 is 0. The number of allylic oxidation sites excluding steroid dienone is 2. The number of quaternary nitrogens is 1. The van der Waals surface area contributed by atoms with E-state index in [4.69, 9.17) is 18.5 Å². The molecule has 356 valence electrons. The maximum absolute atomic E-state index is 12.7. The summed E-state index contributed by atoms with van der Waals surface area (Å²) in [5.41, 5.74) is 0. The molecule has 0 aromatic heterocycles. The van der Waals surface area contributed by atoms with E-state index in [0.29, 0.717) is 23.9 Å². The quantitative estimate of drug-likeness (QED) is 0.0212. The number of phosphoric acid groups is 1. The van der Waals surface area contributed by atoms with Crippen molar-refractivity contribution in [1.29, 1.82) is 0 Å². The SMILES string of the molecule is CCCCCC/C=C/CCCCCCCCCC(=O)O[C@@H](COC(=O)CCCCCCCCCCCCCCCCCCCCCCC)COP(=O)(O)OCC[N+](C)(C)C. The van der Waals surface area contributed by atoms with Gasteiger partial charge in [-0.2, -0.15) is 0 Å². The van der Waals surface area contributed by atoms with E-state index in [1.807, 2.05) is 21.1 Å². The zero-order valence-electron chi connectivity index (χ0n) is 40.2. The van der Waals surface area contributed by atoms with Gasteiger partial charge in [0.15, 0.2) is 6.10 Å². The molecule has 0 bridgehead atoms. The highest BCUT2D eigenvalue weighted by atomic mass is 31.2. The lowest BCUT2D eigenvalue weighted by atomic mass is 10.0. The van der Waals surface area contributed by atoms with Gasteiger partial charge in [0.05, 0.1) is 27.7 Å². The van der Waals surface area contributed by atoms with Crippen molar-refractivity contribution in [2.45, 2.75) is 251 Å². The second kappa shape index (κ2) is 43.0. The summed E-state index contributed by atoms with van der Waals surface area (Å²) in [7, 11) is 1.49. The molecule has 1 N–H and O–H groups in total. The maximum atomic E-state index is 12.7. The summed E-state index contributed by atoms with van der Waals surface area (Å²) in [6, 6.07) is 0. The fourth-order valence-corrected chi connectivity index (χ4v) is 8.05. The second-order valence-corrected chi connectivity index (χ2v) is 20.0. The highest BCUT2D eigenvalue weighted by Crippen LogP contribution is 2.43. The number of likely N-dealkylation sites (N-methyl/N-ethyl adjacent to an activating group) is 1. The Morgan fingerprint density at radius 3 is 1.25 bits per heavy atom. The number of hydrogen-bond donors (Lipinski definition) is 1. The summed E-state index contributed by atoms with van der Waals surface area (Å²) < 4.78 is 34.4. The average Bonchev–Trinajstić information content (AvgIpc) is 3.20. The number of phosphoric ester groups is 1. The molecule has 0 aliphatic carbocycles. The average molecular weight is 873 g/mol. The van der Waals surface area contributed by atoms with Crippen molar-refractivity contribution in [2.75, 3.05) is 47.5 Å². The van der Waals surface area contributed by atoms with Crippen molar-refractivity contribution in [3.63, 3.8) is 0 Å². The third kappa shape index (κ3) is 46.3. The molecule has 0 spiro atoms. The monoisotopic (exact) mass is 873 g/mol. The molecular weight excluding hydrogens is 774 g/mol. The minimum absolute atomic E-state index is 0.0342. The van der Waals surface area contributed by atoms with Crippen LogP contribution in [-0.2, 0) is 32.7 Å². The fraction of sp³-hybridized carbons (Fsp3) is 0.920. The van der Waals surface area contributed by atoms with E-state index in [0.717, 1.165) is 44.9 Å². The molecule has 10 heteroatoms. The maximum Gasteiger partial charge on any atom is 0.472 e. The lowest BCUT2D eigenvalue weighted by Gasteiger charge is -2.24. The Labute approximate surface area is 371 Å². The molecule has 0 amide bonds. The van der Waals surface area contributed by atoms with E-state index in [1.54, 1.807) is 0 Å². The van der Waals surface area contributed by atoms with Gasteiger partial charge in [-0.05, 0) is 38.5 Å². The summed E-state index contributed by atoms with van der Waals surface area (Å²) in [4.78, 5) is 35.5. The van der Waals surface area contributed by atoms with Crippen LogP contribution in [0.5, 0.6) is 0 Å². The molecule has 0 rings (SSSR count). The molecule has 1 unspecified atom stereocenters. The summed E-state index contributed by atoms with van der Waals surface area (Å²) in [6.45, 7) is 4.45. The van der Waals surface area contributed by atoms with Gasteiger partial charge in [0, 0.05) is 12.8 Å². The van der Waals surface area contributed by atoms with Gasteiger partial charge >= 0.3 is 19.8 Å². The number of unbranched alkanes of at least 4 members (excludes halogenated alkanes) is 31. The van der Waals surface area contributed by atoms with Gasteiger partial charge in [0.25, 0.3) is 0 Å². The molecule has 0 saturated heterocycles. The van der Waals surface area contributed by atoms with Gasteiger partial charge in [0.1, 0.15) is 19.8 Å². The molecule has 9 nitrogen and oxygen atoms in total. The number of carbonyl (C=O) groups is 2. The second-order valence-electron chi connectivity index (χ2n) is 18.6. The van der Waals surface area contributed by atoms with Crippen LogP contribution in [0.1, 0.15) is 245 Å². The van der Waals surface area contributed by atoms with Crippen LogP contribution in [-0.4, -0.2) is 74.9 Å². The Hall–Kier alpha value is -1.25. The minimum atomic E-state index is -4.37. The number of rotatable bonds is 47. The number of hydrogen-bond acceptors (Lipinski definition) is 7. The molecule has 0 saturated carbocycles. The fourth-order valence-electron chi connectivity index (χ4n) is 7.31. The molecule has 0 aromatic carbocycles. The molecule has 0 aromatic rings. The van der Waals surface area contributed by atoms with Crippen molar-refractivity contribution in [2.24, 2.45) is 0 Å². The smallest absolute Gasteiger partial charge is 0.462 e. The van der Waals surface area contributed by atoms with Gasteiger partial charge in [0.2, 0.25) is 0 Å². The van der Waals surface area contributed by atoms with Crippen LogP contribution in [0.15, 0.2) is 12.2 Å². The Morgan fingerprint density at radius 1 is 0.500 bits per heavy atom. The third-order valence-electron chi connectivity index (χ3n) is 11.3. The van der Waals surface area contributed by atoms with Crippen molar-refractivity contribution in [1.82, 2.24) is 0 Å². The first-order valence-electron chi connectivity index (χ1n) is 25.4. The molecule has 0 aliphatic heterocycles. The first kappa shape index (κ1) is 58.8. The highest BCUT2D eigenvalue weighted by Gasteiger charge is 2.27. The van der Waals surface area contributed by atoms with Gasteiger partial charge in [-0.25, -0.2) is 4.57 Å². The largest absolute Gasteiger partial charge is 0.472 e. The Morgan fingerprint density at radius 2 is 0.850 bits per heavy atom. The normalized spacial score (nSPS) is 13.5. The topological polar surface area (TPSA) is 108 Å². The molecule has 0 fully saturated rings. The summed E-state index contributed by atoms with van der Waals surface area (Å²) in [6.07, 6.45) is 46.9. The van der Waals surface area contributed by atoms with Gasteiger partial charge in [-0.15, -0.1) is 0 Å². The van der Waals surface area contributed by atoms with E-state index >= 15 is 0 Å². The van der Waals surface area contributed by atoms with E-state index in [-0.39, 0.29) is 25.6 Å². The molecule has 0 heterocycles. The number of esters is 2. The van der Waals surface area contributed by atoms with E-state index < -0.39 is 26.5 Å². The van der Waals surface area contributed by atoms with Crippen molar-refractivity contribution >= 4 is 19.8 Å². The van der Waals surface area contributed by atoms with Crippen LogP contribution in [0.2, 0.25) is 0 Å². The van der Waals surface area contributed by atoms with Gasteiger partial charge in [-0.1, -0.05) is 206 Å². The lowest BCUT2D eigenvalue weighted by molar-refractivity contribution is -0.870. The van der Waals surface area contributed by atoms with Crippen molar-refractivity contribution in [3.05, 3.63) is 12.2 Å². The molecular formula is C50H99NO8P+. The van der Waals surface area contributed by atoms with E-state index in [9.17, 15) is 19.0 Å².